The van der Waals surface area contributed by atoms with Crippen molar-refractivity contribution in [3.8, 4) is 0 Å². The van der Waals surface area contributed by atoms with E-state index in [1.807, 2.05) is 13.8 Å². The molecule has 0 aliphatic heterocycles. The Balaban J connectivity index is 2.93. The van der Waals surface area contributed by atoms with E-state index in [1.54, 1.807) is 6.92 Å². The predicted molar refractivity (Wildman–Crippen MR) is 67.2 cm³/mol. The van der Waals surface area contributed by atoms with Crippen molar-refractivity contribution in [3.05, 3.63) is 25.6 Å². The number of esters is 2. The first-order chi connectivity index (χ1) is 9.31. The quantitative estimate of drug-likeness (QED) is 0.572. The van der Waals surface area contributed by atoms with Crippen molar-refractivity contribution in [2.24, 2.45) is 16.7 Å². The van der Waals surface area contributed by atoms with Crippen LogP contribution in [0.2, 0.25) is 0 Å². The van der Waals surface area contributed by atoms with Crippen molar-refractivity contribution >= 4 is 11.9 Å². The second-order valence-electron chi connectivity index (χ2n) is 5.26. The molecule has 0 saturated heterocycles. The van der Waals surface area contributed by atoms with Crippen molar-refractivity contribution in [2.45, 2.75) is 33.6 Å². The van der Waals surface area contributed by atoms with E-state index in [2.05, 4.69) is 0 Å². The Labute approximate surface area is 110 Å². The number of carbonyl (C=O) groups is 2. The third-order valence-electron chi connectivity index (χ3n) is 4.32. The minimum Gasteiger partial charge on any atom is -0.435 e. The molecule has 1 aliphatic carbocycles. The van der Waals surface area contributed by atoms with E-state index in [-0.39, 0.29) is 0 Å². The lowest BCUT2D eigenvalue weighted by Gasteiger charge is -2.38. The molecule has 0 amide bonds. The zero-order valence-corrected chi connectivity index (χ0v) is 10.9. The smallest absolute Gasteiger partial charge is 0.317 e. The van der Waals surface area contributed by atoms with Gasteiger partial charge in [0, 0.05) is 0 Å². The van der Waals surface area contributed by atoms with Crippen LogP contribution in [0.3, 0.4) is 0 Å². The van der Waals surface area contributed by atoms with Crippen molar-refractivity contribution in [1.29, 1.82) is 0 Å². The number of rotatable bonds is 4. The van der Waals surface area contributed by atoms with E-state index in [1.165, 1.54) is 0 Å². The monoisotopic (exact) mass is 254 g/mol. The minimum atomic E-state index is -0.819. The molecule has 0 spiro atoms. The molecule has 0 aromatic carbocycles. The molecule has 4 nitrogen and oxygen atoms in total. The molecule has 100 valence electrons. The first-order valence-electron chi connectivity index (χ1n) is 6.95. The lowest BCUT2D eigenvalue weighted by atomic mass is 9.65. The van der Waals surface area contributed by atoms with Gasteiger partial charge in [0.15, 0.2) is 0 Å². The Bertz CT molecular complexity index is 442. The molecule has 1 aliphatic rings. The fourth-order valence-electron chi connectivity index (χ4n) is 2.62. The fourth-order valence-corrected chi connectivity index (χ4v) is 2.62. The van der Waals surface area contributed by atoms with Gasteiger partial charge in [-0.25, -0.2) is 0 Å². The number of ether oxygens (including phenoxy) is 2. The predicted octanol–water partition coefficient (Wildman–Crippen LogP) is 2.80. The summed E-state index contributed by atoms with van der Waals surface area (Å²) in [5.74, 6) is -1.32. The van der Waals surface area contributed by atoms with E-state index < -0.39 is 28.7 Å². The summed E-state index contributed by atoms with van der Waals surface area (Å²) < 4.78 is 23.5. The van der Waals surface area contributed by atoms with E-state index in [0.29, 0.717) is 12.8 Å². The molecular weight excluding hydrogens is 232 g/mol. The first kappa shape index (κ1) is 11.5. The summed E-state index contributed by atoms with van der Waals surface area (Å²) in [7, 11) is 0. The van der Waals surface area contributed by atoms with E-state index >= 15 is 0 Å². The van der Waals surface area contributed by atoms with Gasteiger partial charge in [-0.1, -0.05) is 27.0 Å². The molecule has 0 N–H and O–H groups in total. The van der Waals surface area contributed by atoms with Gasteiger partial charge >= 0.3 is 11.9 Å². The third kappa shape index (κ3) is 2.07. The summed E-state index contributed by atoms with van der Waals surface area (Å²) in [6.07, 6.45) is 3.08. The van der Waals surface area contributed by atoms with Gasteiger partial charge < -0.3 is 9.47 Å². The highest BCUT2D eigenvalue weighted by molar-refractivity contribution is 5.82. The molecule has 18 heavy (non-hydrogen) atoms. The summed E-state index contributed by atoms with van der Waals surface area (Å²) in [4.78, 5) is 24.2. The molecule has 2 atom stereocenters. The lowest BCUT2D eigenvalue weighted by molar-refractivity contribution is -0.158. The second kappa shape index (κ2) is 4.96. The molecule has 0 radical (unpaired) electrons. The molecule has 0 heterocycles. The molecule has 2 unspecified atom stereocenters. The zero-order chi connectivity index (χ0) is 15.4. The van der Waals surface area contributed by atoms with Gasteiger partial charge in [0.1, 0.15) is 0 Å². The van der Waals surface area contributed by atoms with Crippen molar-refractivity contribution < 1.29 is 21.8 Å². The average molecular weight is 254 g/mol. The molecule has 4 heteroatoms. The van der Waals surface area contributed by atoms with Gasteiger partial charge in [-0.15, -0.1) is 0 Å². The summed E-state index contributed by atoms with van der Waals surface area (Å²) in [6.45, 7) is 7.23. The third-order valence-corrected chi connectivity index (χ3v) is 4.32. The Morgan fingerprint density at radius 1 is 1.28 bits per heavy atom. The first-order valence-corrected chi connectivity index (χ1v) is 5.79. The topological polar surface area (TPSA) is 52.6 Å². The standard InChI is InChI=1S/C14H20O4/c1-6-17-11(15)10-8-9-14(5,13(10,3)4)12(16)18-7-2/h6-7,10H,1-2,8-9H2,3-5H3/i1D,2D. The van der Waals surface area contributed by atoms with Gasteiger partial charge in [-0.3, -0.25) is 9.59 Å². The Morgan fingerprint density at radius 2 is 1.89 bits per heavy atom. The summed E-state index contributed by atoms with van der Waals surface area (Å²) in [5, 5.41) is 0. The fraction of sp³-hybridized carbons (Fsp3) is 0.571. The van der Waals surface area contributed by atoms with Gasteiger partial charge in [-0.2, -0.15) is 0 Å². The Hall–Kier alpha value is -1.58. The maximum absolute atomic E-state index is 12.2. The van der Waals surface area contributed by atoms with Crippen LogP contribution in [-0.2, 0) is 19.1 Å². The molecule has 0 bridgehead atoms. The minimum absolute atomic E-state index is 0.434. The second-order valence-corrected chi connectivity index (χ2v) is 5.26. The van der Waals surface area contributed by atoms with Gasteiger partial charge in [-0.05, 0) is 25.2 Å². The maximum Gasteiger partial charge on any atom is 0.317 e. The van der Waals surface area contributed by atoms with Crippen molar-refractivity contribution in [2.75, 3.05) is 0 Å². The van der Waals surface area contributed by atoms with Crippen LogP contribution in [0.1, 0.15) is 36.4 Å². The molecular formula is C14H20O4. The van der Waals surface area contributed by atoms with Crippen LogP contribution in [0.25, 0.3) is 0 Å². The Morgan fingerprint density at radius 3 is 2.50 bits per heavy atom. The highest BCUT2D eigenvalue weighted by atomic mass is 16.5. The molecule has 1 fully saturated rings. The summed E-state index contributed by atoms with van der Waals surface area (Å²) >= 11 is 0. The number of hydrogen-bond donors (Lipinski definition) is 0. The van der Waals surface area contributed by atoms with Gasteiger partial charge in [0.05, 0.1) is 26.6 Å². The van der Waals surface area contributed by atoms with Crippen LogP contribution in [0.5, 0.6) is 0 Å². The van der Waals surface area contributed by atoms with E-state index in [9.17, 15) is 9.59 Å². The van der Waals surface area contributed by atoms with Gasteiger partial charge in [0.25, 0.3) is 0 Å². The lowest BCUT2D eigenvalue weighted by Crippen LogP contribution is -2.43. The van der Waals surface area contributed by atoms with Crippen LogP contribution >= 0.6 is 0 Å². The SMILES string of the molecule is [2H]C=COC(=O)C1CCC(C)(C(=O)OC=C[2H])C1(C)C. The largest absolute Gasteiger partial charge is 0.435 e. The average Bonchev–Trinajstić information content (AvgIpc) is 2.65. The zero-order valence-electron chi connectivity index (χ0n) is 12.9. The number of carbonyl (C=O) groups excluding carboxylic acids is 2. The molecule has 0 aromatic rings. The van der Waals surface area contributed by atoms with Crippen LogP contribution in [0.4, 0.5) is 0 Å². The molecule has 1 rings (SSSR count). The van der Waals surface area contributed by atoms with Crippen molar-refractivity contribution in [1.82, 2.24) is 0 Å². The van der Waals surface area contributed by atoms with Crippen LogP contribution in [0.15, 0.2) is 25.6 Å². The van der Waals surface area contributed by atoms with Crippen LogP contribution in [0, 0.1) is 16.7 Å². The maximum atomic E-state index is 12.2. The molecule has 1 saturated carbocycles. The highest BCUT2D eigenvalue weighted by Crippen LogP contribution is 2.56. The summed E-state index contributed by atoms with van der Waals surface area (Å²) in [6, 6.07) is 0. The van der Waals surface area contributed by atoms with Gasteiger partial charge in [0.2, 0.25) is 0 Å². The van der Waals surface area contributed by atoms with Crippen LogP contribution in [-0.4, -0.2) is 11.9 Å². The van der Waals surface area contributed by atoms with E-state index in [4.69, 9.17) is 12.2 Å². The highest BCUT2D eigenvalue weighted by Gasteiger charge is 2.59. The normalized spacial score (nSPS) is 32.3. The molecule has 0 aromatic heterocycles. The summed E-state index contributed by atoms with van der Waals surface area (Å²) in [5.41, 5.74) is -1.45. The van der Waals surface area contributed by atoms with E-state index in [0.717, 1.165) is 25.6 Å². The number of hydrogen-bond acceptors (Lipinski definition) is 4. The Kier molecular flexibility index (Phi) is 3.17. The van der Waals surface area contributed by atoms with Crippen molar-refractivity contribution in [3.63, 3.8) is 0 Å². The van der Waals surface area contributed by atoms with Crippen LogP contribution < -0.4 is 0 Å².